The minimum Gasteiger partial charge on any atom is -0.479 e. The van der Waals surface area contributed by atoms with E-state index in [-0.39, 0.29) is 17.9 Å². The summed E-state index contributed by atoms with van der Waals surface area (Å²) in [6.45, 7) is 4.22. The molecule has 0 fully saturated rings. The molecule has 0 aliphatic heterocycles. The maximum atomic E-state index is 13.1. The Kier molecular flexibility index (Phi) is 7.98. The largest absolute Gasteiger partial charge is 0.479 e. The van der Waals surface area contributed by atoms with Crippen molar-refractivity contribution in [2.45, 2.75) is 44.8 Å². The number of nitrogens with zero attached hydrogens (tertiary/aromatic N) is 1. The van der Waals surface area contributed by atoms with E-state index in [0.29, 0.717) is 4.90 Å². The van der Waals surface area contributed by atoms with Crippen molar-refractivity contribution in [1.29, 1.82) is 0 Å². The van der Waals surface area contributed by atoms with Crippen LogP contribution < -0.4 is 17.2 Å². The van der Waals surface area contributed by atoms with Crippen LogP contribution in [0.1, 0.15) is 32.8 Å². The van der Waals surface area contributed by atoms with Crippen molar-refractivity contribution < 1.29 is 24.3 Å². The van der Waals surface area contributed by atoms with Gasteiger partial charge in [-0.3, -0.25) is 19.3 Å². The highest BCUT2D eigenvalue weighted by Gasteiger charge is 2.57. The number of imide groups is 1. The van der Waals surface area contributed by atoms with E-state index < -0.39 is 47.7 Å². The Morgan fingerprint density at radius 2 is 1.57 bits per heavy atom. The van der Waals surface area contributed by atoms with Gasteiger partial charge in [-0.05, 0) is 24.8 Å². The number of amides is 2. The van der Waals surface area contributed by atoms with E-state index in [1.807, 2.05) is 13.8 Å². The zero-order valence-corrected chi connectivity index (χ0v) is 16.3. The molecule has 1 aromatic rings. The predicted octanol–water partition coefficient (Wildman–Crippen LogP) is -0.430. The quantitative estimate of drug-likeness (QED) is 0.410. The van der Waals surface area contributed by atoms with Crippen LogP contribution in [0.25, 0.3) is 0 Å². The van der Waals surface area contributed by atoms with Gasteiger partial charge in [-0.2, -0.15) is 0 Å². The maximum Gasteiger partial charge on any atom is 0.342 e. The lowest BCUT2D eigenvalue weighted by molar-refractivity contribution is -0.172. The monoisotopic (exact) mass is 392 g/mol. The van der Waals surface area contributed by atoms with Gasteiger partial charge in [0.2, 0.25) is 17.4 Å². The lowest BCUT2D eigenvalue weighted by Crippen LogP contribution is -2.67. The SMILES string of the molecule is CC(C)CC(N)C(=O)N(C(=O)C(C)N)C(C(=O)O)(C(=O)CN)c1ccccc1. The Labute approximate surface area is 163 Å². The molecule has 0 saturated carbocycles. The fraction of sp³-hybridized carbons (Fsp3) is 0.474. The Balaban J connectivity index is 3.82. The van der Waals surface area contributed by atoms with Crippen molar-refractivity contribution in [3.8, 4) is 0 Å². The zero-order chi connectivity index (χ0) is 21.6. The van der Waals surface area contributed by atoms with Crippen LogP contribution in [0.2, 0.25) is 0 Å². The molecule has 0 heterocycles. The highest BCUT2D eigenvalue weighted by atomic mass is 16.4. The van der Waals surface area contributed by atoms with Crippen molar-refractivity contribution >= 4 is 23.6 Å². The van der Waals surface area contributed by atoms with Crippen LogP contribution >= 0.6 is 0 Å². The van der Waals surface area contributed by atoms with Gasteiger partial charge in [0.05, 0.1) is 18.6 Å². The molecule has 1 rings (SSSR count). The number of Topliss-reactive ketones (excluding diaryl/α,β-unsaturated/α-hetero) is 1. The summed E-state index contributed by atoms with van der Waals surface area (Å²) in [4.78, 5) is 51.7. The van der Waals surface area contributed by atoms with E-state index in [4.69, 9.17) is 17.2 Å². The number of carboxylic acid groups (broad SMARTS) is 1. The highest BCUT2D eigenvalue weighted by molar-refractivity contribution is 6.17. The first-order chi connectivity index (χ1) is 13.0. The van der Waals surface area contributed by atoms with Gasteiger partial charge >= 0.3 is 5.97 Å². The molecule has 0 aromatic heterocycles. The van der Waals surface area contributed by atoms with Crippen molar-refractivity contribution in [2.75, 3.05) is 6.54 Å². The van der Waals surface area contributed by atoms with Crippen molar-refractivity contribution in [1.82, 2.24) is 4.90 Å². The second-order valence-corrected chi connectivity index (χ2v) is 7.05. The topological polar surface area (TPSA) is 170 Å². The molecular formula is C19H28N4O5. The van der Waals surface area contributed by atoms with Gasteiger partial charge in [0.25, 0.3) is 0 Å². The lowest BCUT2D eigenvalue weighted by Gasteiger charge is -2.40. The third kappa shape index (κ3) is 4.44. The Hall–Kier alpha value is -2.62. The third-order valence-electron chi connectivity index (χ3n) is 4.30. The number of ketones is 1. The summed E-state index contributed by atoms with van der Waals surface area (Å²) in [6, 6.07) is 4.81. The predicted molar refractivity (Wildman–Crippen MR) is 103 cm³/mol. The van der Waals surface area contributed by atoms with Crippen LogP contribution in [0.15, 0.2) is 30.3 Å². The molecule has 0 bridgehead atoms. The molecule has 0 radical (unpaired) electrons. The molecule has 0 saturated heterocycles. The van der Waals surface area contributed by atoms with E-state index in [9.17, 15) is 24.3 Å². The van der Waals surface area contributed by atoms with E-state index in [2.05, 4.69) is 0 Å². The third-order valence-corrected chi connectivity index (χ3v) is 4.30. The first-order valence-electron chi connectivity index (χ1n) is 8.93. The summed E-state index contributed by atoms with van der Waals surface area (Å²) < 4.78 is 0. The van der Waals surface area contributed by atoms with E-state index in [1.165, 1.54) is 31.2 Å². The van der Waals surface area contributed by atoms with E-state index >= 15 is 0 Å². The van der Waals surface area contributed by atoms with E-state index in [1.54, 1.807) is 6.07 Å². The Bertz CT molecular complexity index is 735. The summed E-state index contributed by atoms with van der Waals surface area (Å²) in [5, 5.41) is 10.1. The smallest absolute Gasteiger partial charge is 0.342 e. The number of aliphatic carboxylic acids is 1. The molecule has 0 spiro atoms. The number of hydrogen-bond acceptors (Lipinski definition) is 7. The first-order valence-corrected chi connectivity index (χ1v) is 8.93. The number of nitrogens with two attached hydrogens (primary N) is 3. The first kappa shape index (κ1) is 23.4. The molecule has 154 valence electrons. The van der Waals surface area contributed by atoms with Crippen LogP contribution in [0, 0.1) is 5.92 Å². The molecule has 0 aliphatic carbocycles. The van der Waals surface area contributed by atoms with Crippen molar-refractivity contribution in [3.63, 3.8) is 0 Å². The molecule has 9 nitrogen and oxygen atoms in total. The summed E-state index contributed by atoms with van der Waals surface area (Å²) >= 11 is 0. The summed E-state index contributed by atoms with van der Waals surface area (Å²) in [7, 11) is 0. The van der Waals surface area contributed by atoms with Crippen LogP contribution in [-0.2, 0) is 24.7 Å². The number of rotatable bonds is 9. The van der Waals surface area contributed by atoms with E-state index in [0.717, 1.165) is 0 Å². The molecule has 2 amide bonds. The van der Waals surface area contributed by atoms with Gasteiger partial charge in [-0.15, -0.1) is 0 Å². The fourth-order valence-electron chi connectivity index (χ4n) is 3.00. The second kappa shape index (κ2) is 9.54. The number of carbonyl (C=O) groups excluding carboxylic acids is 3. The minimum absolute atomic E-state index is 0.00707. The van der Waals surface area contributed by atoms with Gasteiger partial charge in [0, 0.05) is 0 Å². The van der Waals surface area contributed by atoms with Crippen LogP contribution in [0.5, 0.6) is 0 Å². The van der Waals surface area contributed by atoms with Crippen LogP contribution in [0.3, 0.4) is 0 Å². The molecule has 3 atom stereocenters. The Morgan fingerprint density at radius 3 is 1.96 bits per heavy atom. The van der Waals surface area contributed by atoms with Gasteiger partial charge in [-0.25, -0.2) is 4.79 Å². The number of carboxylic acids is 1. The highest BCUT2D eigenvalue weighted by Crippen LogP contribution is 2.32. The molecule has 7 N–H and O–H groups in total. The van der Waals surface area contributed by atoms with Crippen LogP contribution in [0.4, 0.5) is 0 Å². The summed E-state index contributed by atoms with van der Waals surface area (Å²) in [5.74, 6) is -4.78. The van der Waals surface area contributed by atoms with Gasteiger partial charge in [-0.1, -0.05) is 44.2 Å². The fourth-order valence-corrected chi connectivity index (χ4v) is 3.00. The summed E-state index contributed by atoms with van der Waals surface area (Å²) in [6.07, 6.45) is 0.183. The second-order valence-electron chi connectivity index (χ2n) is 7.05. The molecule has 0 aliphatic rings. The van der Waals surface area contributed by atoms with Gasteiger partial charge in [0.1, 0.15) is 0 Å². The number of benzene rings is 1. The standard InChI is InChI=1S/C19H28N4O5/c1-11(2)9-14(22)17(26)23(16(25)12(3)21)19(18(27)28,15(24)10-20)13-7-5-4-6-8-13/h4-8,11-12,14H,9-10,20-22H2,1-3H3,(H,27,28). The molecule has 9 heteroatoms. The maximum absolute atomic E-state index is 13.1. The average Bonchev–Trinajstić information content (AvgIpc) is 2.64. The normalized spacial score (nSPS) is 15.4. The summed E-state index contributed by atoms with van der Waals surface area (Å²) in [5.41, 5.74) is 14.4. The molecule has 28 heavy (non-hydrogen) atoms. The van der Waals surface area contributed by atoms with Crippen molar-refractivity contribution in [2.24, 2.45) is 23.1 Å². The molecule has 1 aromatic carbocycles. The minimum atomic E-state index is -2.66. The Morgan fingerprint density at radius 1 is 1.04 bits per heavy atom. The van der Waals surface area contributed by atoms with Crippen molar-refractivity contribution in [3.05, 3.63) is 35.9 Å². The van der Waals surface area contributed by atoms with Gasteiger partial charge in [0.15, 0.2) is 5.78 Å². The zero-order valence-electron chi connectivity index (χ0n) is 16.3. The average molecular weight is 392 g/mol. The molecule has 3 unspecified atom stereocenters. The van der Waals surface area contributed by atoms with Gasteiger partial charge < -0.3 is 22.3 Å². The number of hydrogen-bond donors (Lipinski definition) is 4. The van der Waals surface area contributed by atoms with Crippen LogP contribution in [-0.4, -0.2) is 52.2 Å². The molecular weight excluding hydrogens is 364 g/mol. The number of carbonyl (C=O) groups is 4. The lowest BCUT2D eigenvalue weighted by atomic mass is 9.82.